The number of hydrogen-bond acceptors (Lipinski definition) is 6. The molecule has 0 saturated carbocycles. The molecule has 0 aliphatic carbocycles. The van der Waals surface area contributed by atoms with Crippen LogP contribution >= 0.6 is 11.3 Å². The number of rotatable bonds is 4. The van der Waals surface area contributed by atoms with Crippen molar-refractivity contribution in [3.63, 3.8) is 0 Å². The Hall–Kier alpha value is -2.48. The van der Waals surface area contributed by atoms with Gasteiger partial charge in [-0.15, -0.1) is 0 Å². The van der Waals surface area contributed by atoms with E-state index in [1.807, 2.05) is 30.7 Å². The van der Waals surface area contributed by atoms with Gasteiger partial charge in [-0.3, -0.25) is 9.89 Å². The Bertz CT molecular complexity index is 867. The highest BCUT2D eigenvalue weighted by molar-refractivity contribution is 7.08. The van der Waals surface area contributed by atoms with Crippen LogP contribution in [0, 0.1) is 0 Å². The van der Waals surface area contributed by atoms with Crippen LogP contribution in [-0.4, -0.2) is 37.7 Å². The Morgan fingerprint density at radius 2 is 2.36 bits per heavy atom. The number of carbonyl (C=O) groups excluding carboxylic acids is 1. The summed E-state index contributed by atoms with van der Waals surface area (Å²) in [4.78, 5) is 19.2. The molecule has 130 valence electrons. The minimum Gasteiger partial charge on any atom is -0.337 e. The highest BCUT2D eigenvalue weighted by Gasteiger charge is 2.35. The zero-order valence-corrected chi connectivity index (χ0v) is 14.9. The number of aromatic amines is 1. The summed E-state index contributed by atoms with van der Waals surface area (Å²) in [5.41, 5.74) is 2.27. The minimum absolute atomic E-state index is 0.0826. The van der Waals surface area contributed by atoms with E-state index in [2.05, 4.69) is 20.3 Å². The van der Waals surface area contributed by atoms with Crippen LogP contribution in [0.15, 0.2) is 27.4 Å². The molecule has 0 aromatic carbocycles. The van der Waals surface area contributed by atoms with Crippen molar-refractivity contribution in [2.75, 3.05) is 6.54 Å². The summed E-state index contributed by atoms with van der Waals surface area (Å²) in [6.07, 6.45) is 1.75. The molecule has 4 heterocycles. The smallest absolute Gasteiger partial charge is 0.272 e. The summed E-state index contributed by atoms with van der Waals surface area (Å²) in [6.45, 7) is 4.71. The third kappa shape index (κ3) is 2.97. The molecule has 1 aliphatic rings. The third-order valence-electron chi connectivity index (χ3n) is 4.40. The van der Waals surface area contributed by atoms with E-state index in [4.69, 9.17) is 4.52 Å². The van der Waals surface area contributed by atoms with Gasteiger partial charge in [0, 0.05) is 23.4 Å². The Kier molecular flexibility index (Phi) is 4.12. The number of hydrogen-bond donors (Lipinski definition) is 1. The Morgan fingerprint density at radius 3 is 3.08 bits per heavy atom. The topological polar surface area (TPSA) is 87.9 Å². The first kappa shape index (κ1) is 16.0. The number of thiophene rings is 1. The second kappa shape index (κ2) is 6.44. The van der Waals surface area contributed by atoms with Gasteiger partial charge >= 0.3 is 0 Å². The van der Waals surface area contributed by atoms with E-state index < -0.39 is 0 Å². The van der Waals surface area contributed by atoms with Gasteiger partial charge in [-0.1, -0.05) is 19.0 Å². The van der Waals surface area contributed by atoms with Crippen LogP contribution in [0.5, 0.6) is 0 Å². The lowest BCUT2D eigenvalue weighted by Gasteiger charge is -2.20. The number of likely N-dealkylation sites (tertiary alicyclic amines) is 1. The molecule has 1 N–H and O–H groups in total. The lowest BCUT2D eigenvalue weighted by atomic mass is 10.2. The van der Waals surface area contributed by atoms with Crippen molar-refractivity contribution in [3.8, 4) is 11.3 Å². The van der Waals surface area contributed by atoms with Crippen LogP contribution in [-0.2, 0) is 0 Å². The molecular weight excluding hydrogens is 338 g/mol. The first-order valence-corrected chi connectivity index (χ1v) is 9.30. The molecule has 0 radical (unpaired) electrons. The van der Waals surface area contributed by atoms with Crippen LogP contribution in [0.4, 0.5) is 0 Å². The quantitative estimate of drug-likeness (QED) is 0.770. The van der Waals surface area contributed by atoms with Gasteiger partial charge in [0.25, 0.3) is 5.91 Å². The van der Waals surface area contributed by atoms with Crippen molar-refractivity contribution >= 4 is 17.2 Å². The zero-order valence-electron chi connectivity index (χ0n) is 14.1. The number of carbonyl (C=O) groups is 1. The summed E-state index contributed by atoms with van der Waals surface area (Å²) in [5.74, 6) is 1.31. The first-order valence-electron chi connectivity index (χ1n) is 8.36. The zero-order chi connectivity index (χ0) is 17.4. The normalized spacial score (nSPS) is 17.6. The third-order valence-corrected chi connectivity index (χ3v) is 5.08. The Balaban J connectivity index is 1.56. The van der Waals surface area contributed by atoms with Crippen LogP contribution in [0.3, 0.4) is 0 Å². The van der Waals surface area contributed by atoms with Gasteiger partial charge in [0.2, 0.25) is 5.89 Å². The molecule has 7 nitrogen and oxygen atoms in total. The molecule has 1 aliphatic heterocycles. The molecule has 3 aromatic heterocycles. The van der Waals surface area contributed by atoms with Crippen molar-refractivity contribution in [1.29, 1.82) is 0 Å². The van der Waals surface area contributed by atoms with E-state index in [0.717, 1.165) is 24.1 Å². The predicted molar refractivity (Wildman–Crippen MR) is 93.3 cm³/mol. The fourth-order valence-corrected chi connectivity index (χ4v) is 3.68. The lowest BCUT2D eigenvalue weighted by molar-refractivity contribution is 0.0704. The van der Waals surface area contributed by atoms with Crippen molar-refractivity contribution in [3.05, 3.63) is 40.3 Å². The van der Waals surface area contributed by atoms with Crippen LogP contribution < -0.4 is 0 Å². The van der Waals surface area contributed by atoms with Gasteiger partial charge < -0.3 is 9.42 Å². The highest BCUT2D eigenvalue weighted by atomic mass is 32.1. The fourth-order valence-electron chi connectivity index (χ4n) is 3.03. The van der Waals surface area contributed by atoms with Gasteiger partial charge in [-0.05, 0) is 30.4 Å². The second-order valence-corrected chi connectivity index (χ2v) is 7.26. The number of amides is 1. The summed E-state index contributed by atoms with van der Waals surface area (Å²) in [7, 11) is 0. The molecule has 0 bridgehead atoms. The number of aromatic nitrogens is 4. The van der Waals surface area contributed by atoms with E-state index in [0.29, 0.717) is 24.0 Å². The molecule has 0 spiro atoms. The van der Waals surface area contributed by atoms with Crippen molar-refractivity contribution < 1.29 is 9.32 Å². The van der Waals surface area contributed by atoms with Crippen LogP contribution in [0.25, 0.3) is 11.3 Å². The summed E-state index contributed by atoms with van der Waals surface area (Å²) >= 11 is 1.60. The SMILES string of the molecule is CC(C)c1noc([C@H]2CCCN2C(=O)c2cc(-c3ccsc3)n[nH]2)n1. The highest BCUT2D eigenvalue weighted by Crippen LogP contribution is 2.33. The van der Waals surface area contributed by atoms with E-state index in [9.17, 15) is 4.79 Å². The van der Waals surface area contributed by atoms with Crippen molar-refractivity contribution in [2.24, 2.45) is 0 Å². The molecule has 25 heavy (non-hydrogen) atoms. The molecule has 1 atom stereocenters. The molecule has 0 unspecified atom stereocenters. The number of H-pyrrole nitrogens is 1. The molecule has 1 amide bonds. The summed E-state index contributed by atoms with van der Waals surface area (Å²) in [5, 5.41) is 15.1. The maximum atomic E-state index is 12.9. The van der Waals surface area contributed by atoms with E-state index in [1.54, 1.807) is 22.3 Å². The van der Waals surface area contributed by atoms with Gasteiger partial charge in [0.1, 0.15) is 11.7 Å². The molecule has 3 aromatic rings. The predicted octanol–water partition coefficient (Wildman–Crippen LogP) is 3.62. The Morgan fingerprint density at radius 1 is 1.48 bits per heavy atom. The van der Waals surface area contributed by atoms with Crippen molar-refractivity contribution in [1.82, 2.24) is 25.2 Å². The van der Waals surface area contributed by atoms with Gasteiger partial charge in [0.05, 0.1) is 5.69 Å². The monoisotopic (exact) mass is 357 g/mol. The molecular formula is C17H19N5O2S. The molecule has 8 heteroatoms. The molecule has 1 fully saturated rings. The van der Waals surface area contributed by atoms with E-state index in [1.165, 1.54) is 0 Å². The van der Waals surface area contributed by atoms with E-state index >= 15 is 0 Å². The fraction of sp³-hybridized carbons (Fsp3) is 0.412. The number of nitrogens with zero attached hydrogens (tertiary/aromatic N) is 4. The van der Waals surface area contributed by atoms with Gasteiger partial charge in [-0.25, -0.2) is 0 Å². The molecule has 4 rings (SSSR count). The van der Waals surface area contributed by atoms with E-state index in [-0.39, 0.29) is 17.9 Å². The number of nitrogens with one attached hydrogen (secondary N) is 1. The van der Waals surface area contributed by atoms with Gasteiger partial charge in [0.15, 0.2) is 5.82 Å². The second-order valence-electron chi connectivity index (χ2n) is 6.48. The average Bonchev–Trinajstić information content (AvgIpc) is 3.41. The van der Waals surface area contributed by atoms with Crippen LogP contribution in [0.1, 0.15) is 60.9 Å². The maximum absolute atomic E-state index is 12.9. The molecule has 1 saturated heterocycles. The summed E-state index contributed by atoms with van der Waals surface area (Å²) < 4.78 is 5.41. The largest absolute Gasteiger partial charge is 0.337 e. The average molecular weight is 357 g/mol. The van der Waals surface area contributed by atoms with Crippen LogP contribution in [0.2, 0.25) is 0 Å². The summed E-state index contributed by atoms with van der Waals surface area (Å²) in [6, 6.07) is 3.62. The van der Waals surface area contributed by atoms with Crippen molar-refractivity contribution in [2.45, 2.75) is 38.6 Å². The first-order chi connectivity index (χ1) is 12.1. The van der Waals surface area contributed by atoms with Gasteiger partial charge in [-0.2, -0.15) is 21.4 Å². The maximum Gasteiger partial charge on any atom is 0.272 e. The standard InChI is InChI=1S/C17H19N5O2S/c1-10(2)15-18-16(24-21-15)14-4-3-6-22(14)17(23)13-8-12(19-20-13)11-5-7-25-9-11/h5,7-10,14H,3-4,6H2,1-2H3,(H,19,20)/t14-/m1/s1. The lowest BCUT2D eigenvalue weighted by Crippen LogP contribution is -2.31. The minimum atomic E-state index is -0.166. The Labute approximate surface area is 149 Å².